The van der Waals surface area contributed by atoms with Crippen LogP contribution in [0.5, 0.6) is 0 Å². The molecule has 0 spiro atoms. The van der Waals surface area contributed by atoms with Gasteiger partial charge in [0.15, 0.2) is 0 Å². The van der Waals surface area contributed by atoms with Crippen molar-refractivity contribution in [1.82, 2.24) is 10.2 Å². The number of hydrogen-bond donors (Lipinski definition) is 1. The second kappa shape index (κ2) is 10.5. The Bertz CT molecular complexity index is 209. The van der Waals surface area contributed by atoms with Crippen molar-refractivity contribution in [1.29, 1.82) is 0 Å². The molecule has 1 unspecified atom stereocenters. The van der Waals surface area contributed by atoms with Crippen molar-refractivity contribution in [2.75, 3.05) is 26.2 Å². The molecule has 3 nitrogen and oxygen atoms in total. The third kappa shape index (κ3) is 6.50. The first-order chi connectivity index (χ1) is 8.88. The zero-order valence-electron chi connectivity index (χ0n) is 12.0. The van der Waals surface area contributed by atoms with E-state index in [1.54, 1.807) is 0 Å². The van der Waals surface area contributed by atoms with Gasteiger partial charge in [-0.1, -0.05) is 45.4 Å². The van der Waals surface area contributed by atoms with Crippen LogP contribution in [0.2, 0.25) is 0 Å². The maximum atomic E-state index is 10.6. The van der Waals surface area contributed by atoms with Crippen molar-refractivity contribution in [3.05, 3.63) is 0 Å². The molecule has 1 fully saturated rings. The van der Waals surface area contributed by atoms with E-state index >= 15 is 0 Å². The smallest absolute Gasteiger partial charge is 0.121 e. The van der Waals surface area contributed by atoms with Crippen LogP contribution in [0.15, 0.2) is 0 Å². The first kappa shape index (κ1) is 15.6. The largest absolute Gasteiger partial charge is 0.314 e. The molecule has 0 aliphatic carbocycles. The average molecular weight is 254 g/mol. The fourth-order valence-corrected chi connectivity index (χ4v) is 2.71. The van der Waals surface area contributed by atoms with Crippen molar-refractivity contribution >= 4 is 6.29 Å². The van der Waals surface area contributed by atoms with Gasteiger partial charge in [0.25, 0.3) is 0 Å². The predicted molar refractivity (Wildman–Crippen MR) is 76.9 cm³/mol. The summed E-state index contributed by atoms with van der Waals surface area (Å²) in [5.74, 6) is 0. The van der Waals surface area contributed by atoms with Gasteiger partial charge in [0.05, 0.1) is 0 Å². The summed E-state index contributed by atoms with van der Waals surface area (Å²) in [6.07, 6.45) is 11.3. The Balaban J connectivity index is 2.03. The lowest BCUT2D eigenvalue weighted by molar-refractivity contribution is -0.109. The summed E-state index contributed by atoms with van der Waals surface area (Å²) in [7, 11) is 0. The maximum absolute atomic E-state index is 10.6. The molecule has 3 heteroatoms. The number of unbranched alkanes of at least 4 members (excludes halogenated alkanes) is 6. The highest BCUT2D eigenvalue weighted by atomic mass is 16.1. The molecule has 1 saturated heterocycles. The Hall–Kier alpha value is -0.410. The van der Waals surface area contributed by atoms with Gasteiger partial charge in [-0.2, -0.15) is 0 Å². The maximum Gasteiger partial charge on any atom is 0.121 e. The van der Waals surface area contributed by atoms with Gasteiger partial charge in [-0.25, -0.2) is 0 Å². The number of aldehydes is 1. The Labute approximate surface area is 112 Å². The van der Waals surface area contributed by atoms with Gasteiger partial charge < -0.3 is 10.1 Å². The van der Waals surface area contributed by atoms with Gasteiger partial charge in [0.1, 0.15) is 6.29 Å². The molecule has 0 amide bonds. The molecule has 0 aromatic carbocycles. The molecule has 0 aromatic rings. The van der Waals surface area contributed by atoms with Crippen LogP contribution in [0.25, 0.3) is 0 Å². The second-order valence-electron chi connectivity index (χ2n) is 5.42. The summed E-state index contributed by atoms with van der Waals surface area (Å²) < 4.78 is 0. The van der Waals surface area contributed by atoms with E-state index < -0.39 is 0 Å². The van der Waals surface area contributed by atoms with E-state index in [4.69, 9.17) is 0 Å². The van der Waals surface area contributed by atoms with Gasteiger partial charge >= 0.3 is 0 Å². The van der Waals surface area contributed by atoms with Crippen molar-refractivity contribution < 1.29 is 4.79 Å². The zero-order valence-corrected chi connectivity index (χ0v) is 12.0. The minimum atomic E-state index is 0.441. The van der Waals surface area contributed by atoms with Crippen molar-refractivity contribution in [3.8, 4) is 0 Å². The van der Waals surface area contributed by atoms with E-state index in [0.29, 0.717) is 12.5 Å². The number of rotatable bonds is 10. The molecule has 0 saturated carbocycles. The number of nitrogens with one attached hydrogen (secondary N) is 1. The minimum absolute atomic E-state index is 0.441. The monoisotopic (exact) mass is 254 g/mol. The molecule has 1 atom stereocenters. The predicted octanol–water partition coefficient (Wildman–Crippen LogP) is 2.60. The lowest BCUT2D eigenvalue weighted by Crippen LogP contribution is -2.51. The molecule has 1 heterocycles. The van der Waals surface area contributed by atoms with Crippen LogP contribution in [-0.2, 0) is 4.79 Å². The summed E-state index contributed by atoms with van der Waals surface area (Å²) in [6, 6.07) is 0.441. The first-order valence-electron chi connectivity index (χ1n) is 7.77. The Kier molecular flexibility index (Phi) is 9.13. The normalized spacial score (nSPS) is 21.1. The lowest BCUT2D eigenvalue weighted by atomic mass is 10.1. The Morgan fingerprint density at radius 2 is 1.89 bits per heavy atom. The van der Waals surface area contributed by atoms with E-state index in [1.807, 2.05) is 0 Å². The second-order valence-corrected chi connectivity index (χ2v) is 5.42. The van der Waals surface area contributed by atoms with Gasteiger partial charge in [-0.3, -0.25) is 4.90 Å². The Morgan fingerprint density at radius 3 is 2.61 bits per heavy atom. The van der Waals surface area contributed by atoms with Crippen LogP contribution in [0, 0.1) is 0 Å². The number of piperazine rings is 1. The molecule has 0 bridgehead atoms. The third-order valence-electron chi connectivity index (χ3n) is 3.89. The van der Waals surface area contributed by atoms with E-state index in [2.05, 4.69) is 17.1 Å². The standard InChI is InChI=1S/C15H30N2O/c1-2-3-4-5-6-7-8-11-17-12-10-16-14-15(17)9-13-18/h13,15-16H,2-12,14H2,1H3. The van der Waals surface area contributed by atoms with Gasteiger partial charge in [-0.05, 0) is 13.0 Å². The fraction of sp³-hybridized carbons (Fsp3) is 0.933. The summed E-state index contributed by atoms with van der Waals surface area (Å²) >= 11 is 0. The van der Waals surface area contributed by atoms with E-state index in [0.717, 1.165) is 25.9 Å². The topological polar surface area (TPSA) is 32.3 Å². The molecule has 1 N–H and O–H groups in total. The molecule has 1 aliphatic heterocycles. The fourth-order valence-electron chi connectivity index (χ4n) is 2.71. The molecule has 1 aliphatic rings. The molecule has 106 valence electrons. The lowest BCUT2D eigenvalue weighted by Gasteiger charge is -2.35. The SMILES string of the molecule is CCCCCCCCCN1CCNCC1CC=O. The minimum Gasteiger partial charge on any atom is -0.314 e. The van der Waals surface area contributed by atoms with Gasteiger partial charge in [-0.15, -0.1) is 0 Å². The third-order valence-corrected chi connectivity index (χ3v) is 3.89. The van der Waals surface area contributed by atoms with Crippen LogP contribution in [0.1, 0.15) is 58.3 Å². The van der Waals surface area contributed by atoms with Crippen LogP contribution in [-0.4, -0.2) is 43.4 Å². The number of carbonyl (C=O) groups is 1. The summed E-state index contributed by atoms with van der Waals surface area (Å²) in [4.78, 5) is 13.1. The molecule has 18 heavy (non-hydrogen) atoms. The summed E-state index contributed by atoms with van der Waals surface area (Å²) in [6.45, 7) is 6.60. The van der Waals surface area contributed by atoms with Crippen molar-refractivity contribution in [2.24, 2.45) is 0 Å². The number of carbonyl (C=O) groups excluding carboxylic acids is 1. The van der Waals surface area contributed by atoms with Crippen LogP contribution < -0.4 is 5.32 Å². The highest BCUT2D eigenvalue weighted by Gasteiger charge is 2.20. The molecule has 0 radical (unpaired) electrons. The summed E-state index contributed by atoms with van der Waals surface area (Å²) in [5.41, 5.74) is 0. The van der Waals surface area contributed by atoms with Gasteiger partial charge in [0.2, 0.25) is 0 Å². The van der Waals surface area contributed by atoms with Crippen molar-refractivity contribution in [2.45, 2.75) is 64.3 Å². The zero-order chi connectivity index (χ0) is 13.1. The van der Waals surface area contributed by atoms with Gasteiger partial charge in [0, 0.05) is 32.1 Å². The van der Waals surface area contributed by atoms with Crippen LogP contribution >= 0.6 is 0 Å². The highest BCUT2D eigenvalue weighted by Crippen LogP contribution is 2.11. The number of hydrogen-bond acceptors (Lipinski definition) is 3. The average Bonchev–Trinajstić information content (AvgIpc) is 2.40. The van der Waals surface area contributed by atoms with E-state index in [9.17, 15) is 4.79 Å². The van der Waals surface area contributed by atoms with Crippen molar-refractivity contribution in [3.63, 3.8) is 0 Å². The van der Waals surface area contributed by atoms with Crippen LogP contribution in [0.4, 0.5) is 0 Å². The molecular formula is C15H30N2O. The number of nitrogens with zero attached hydrogens (tertiary/aromatic N) is 1. The highest BCUT2D eigenvalue weighted by molar-refractivity contribution is 5.50. The van der Waals surface area contributed by atoms with E-state index in [1.165, 1.54) is 51.5 Å². The molecular weight excluding hydrogens is 224 g/mol. The Morgan fingerprint density at radius 1 is 1.17 bits per heavy atom. The van der Waals surface area contributed by atoms with E-state index in [-0.39, 0.29) is 0 Å². The van der Waals surface area contributed by atoms with Crippen LogP contribution in [0.3, 0.4) is 0 Å². The molecule has 0 aromatic heterocycles. The summed E-state index contributed by atoms with van der Waals surface area (Å²) in [5, 5.41) is 3.37. The quantitative estimate of drug-likeness (QED) is 0.480. The molecule has 1 rings (SSSR count). The first-order valence-corrected chi connectivity index (χ1v) is 7.77.